The quantitative estimate of drug-likeness (QED) is 0.0185. The van der Waals surface area contributed by atoms with Crippen LogP contribution in [0.25, 0.3) is 0 Å². The van der Waals surface area contributed by atoms with E-state index in [1.54, 1.807) is 13.8 Å². The van der Waals surface area contributed by atoms with Gasteiger partial charge >= 0.3 is 5.97 Å². The molecule has 0 bridgehead atoms. The summed E-state index contributed by atoms with van der Waals surface area (Å²) in [7, 11) is 0. The van der Waals surface area contributed by atoms with E-state index in [1.165, 1.54) is 16.7 Å². The minimum absolute atomic E-state index is 0.0219. The maximum atomic E-state index is 13.6. The first-order chi connectivity index (χ1) is 30.1. The fourth-order valence-corrected chi connectivity index (χ4v) is 7.03. The molecule has 0 spiro atoms. The fraction of sp³-hybridized carbons (Fsp3) is 0.718. The van der Waals surface area contributed by atoms with E-state index in [2.05, 4.69) is 42.2 Å². The summed E-state index contributed by atoms with van der Waals surface area (Å²) < 4.78 is 0. The van der Waals surface area contributed by atoms with Crippen molar-refractivity contribution in [3.63, 3.8) is 0 Å². The molecule has 1 saturated heterocycles. The van der Waals surface area contributed by atoms with E-state index >= 15 is 0 Å². The average Bonchev–Trinajstić information content (AvgIpc) is 3.72. The Kier molecular flexibility index (Phi) is 26.0. The van der Waals surface area contributed by atoms with Crippen LogP contribution in [0.5, 0.6) is 0 Å². The third-order valence-electron chi connectivity index (χ3n) is 9.73. The van der Waals surface area contributed by atoms with E-state index in [9.17, 15) is 53.1 Å². The molecule has 0 aromatic rings. The van der Waals surface area contributed by atoms with Gasteiger partial charge in [0, 0.05) is 19.5 Å². The smallest absolute Gasteiger partial charge is 0.326 e. The second kappa shape index (κ2) is 29.6. The highest BCUT2D eigenvalue weighted by atomic mass is 32.2. The van der Waals surface area contributed by atoms with Crippen LogP contribution < -0.4 is 60.2 Å². The molecule has 16 N–H and O–H groups in total. The van der Waals surface area contributed by atoms with Crippen molar-refractivity contribution in [2.45, 2.75) is 122 Å². The predicted octanol–water partition coefficient (Wildman–Crippen LogP) is -4.16. The maximum absolute atomic E-state index is 13.6. The number of carboxylic acids is 1. The van der Waals surface area contributed by atoms with Gasteiger partial charge in [-0.25, -0.2) is 4.79 Å². The van der Waals surface area contributed by atoms with Crippen LogP contribution in [0.4, 0.5) is 0 Å². The minimum Gasteiger partial charge on any atom is -0.480 e. The lowest BCUT2D eigenvalue weighted by molar-refractivity contribution is -0.144. The first-order valence-corrected chi connectivity index (χ1v) is 22.6. The summed E-state index contributed by atoms with van der Waals surface area (Å²) in [4.78, 5) is 134. The van der Waals surface area contributed by atoms with E-state index < -0.39 is 108 Å². The number of nitrogens with one attached hydrogen (secondary N) is 7. The Morgan fingerprint density at radius 2 is 1.25 bits per heavy atom. The number of thioether (sulfide) groups is 1. The molecule has 25 heteroatoms. The number of nitrogens with two attached hydrogens (primary N) is 4. The summed E-state index contributed by atoms with van der Waals surface area (Å²) in [5, 5.41) is 27.1. The number of amides is 9. The van der Waals surface area contributed by atoms with Crippen molar-refractivity contribution in [2.24, 2.45) is 39.8 Å². The molecule has 6 atom stereocenters. The highest BCUT2D eigenvalue weighted by Crippen LogP contribution is 2.18. The normalized spacial score (nSPS) is 15.7. The molecule has 1 aliphatic rings. The van der Waals surface area contributed by atoms with Crippen molar-refractivity contribution in [1.82, 2.24) is 42.1 Å². The van der Waals surface area contributed by atoms with Crippen LogP contribution in [0.15, 0.2) is 4.99 Å². The van der Waals surface area contributed by atoms with Crippen LogP contribution in [0.1, 0.15) is 85.5 Å². The number of carbonyl (C=O) groups is 10. The van der Waals surface area contributed by atoms with Crippen LogP contribution in [-0.2, 0) is 47.9 Å². The standard InChI is InChI=1S/C39H69N13O11S/c1-21(2)16-26(50-35(59)25(12-15-64-5)47-30(54)18-40)36(60)49-24(10-11-29(41)53)34(58)45-19-31(55)48-23(8-6-13-44-39(42)43)33(57)46-20-32(56)52-14-7-9-28(52)37(61)51-27(38(62)63)17-22(3)4/h21-28H,6-20,40H2,1-5H3,(H2,41,53)(H,45,58)(H,46,57)(H,47,54)(H,48,55)(H,49,60)(H,50,59)(H,51,61)(H,62,63)(H4,42,43,44)/t23-,24-,25-,26-,27-,28-/m0/s1. The molecule has 0 unspecified atom stereocenters. The number of aliphatic imine (C=N–C) groups is 1. The van der Waals surface area contributed by atoms with Gasteiger partial charge in [0.25, 0.3) is 0 Å². The molecule has 0 radical (unpaired) electrons. The highest BCUT2D eigenvalue weighted by Gasteiger charge is 2.36. The molecule has 0 aliphatic carbocycles. The van der Waals surface area contributed by atoms with E-state index in [0.717, 1.165) is 0 Å². The number of rotatable bonds is 30. The van der Waals surface area contributed by atoms with Crippen molar-refractivity contribution in [1.29, 1.82) is 0 Å². The van der Waals surface area contributed by atoms with Crippen LogP contribution in [-0.4, -0.2) is 156 Å². The molecule has 9 amide bonds. The van der Waals surface area contributed by atoms with E-state index in [4.69, 9.17) is 22.9 Å². The number of aliphatic carboxylic acids is 1. The Balaban J connectivity index is 3.10. The van der Waals surface area contributed by atoms with Gasteiger partial charge in [-0.1, -0.05) is 27.7 Å². The lowest BCUT2D eigenvalue weighted by Crippen LogP contribution is -2.58. The van der Waals surface area contributed by atoms with Gasteiger partial charge in [0.15, 0.2) is 5.96 Å². The van der Waals surface area contributed by atoms with Gasteiger partial charge in [-0.2, -0.15) is 11.8 Å². The Morgan fingerprint density at radius 3 is 1.81 bits per heavy atom. The number of likely N-dealkylation sites (tertiary alicyclic amines) is 1. The maximum Gasteiger partial charge on any atom is 0.326 e. The third-order valence-corrected chi connectivity index (χ3v) is 10.4. The van der Waals surface area contributed by atoms with Crippen molar-refractivity contribution in [3.8, 4) is 0 Å². The summed E-state index contributed by atoms with van der Waals surface area (Å²) in [6, 6.07) is -6.95. The predicted molar refractivity (Wildman–Crippen MR) is 237 cm³/mol. The molecule has 362 valence electrons. The summed E-state index contributed by atoms with van der Waals surface area (Å²) in [5.41, 5.74) is 21.6. The van der Waals surface area contributed by atoms with Crippen molar-refractivity contribution in [3.05, 3.63) is 0 Å². The van der Waals surface area contributed by atoms with Crippen LogP contribution in [0, 0.1) is 11.8 Å². The second-order valence-corrected chi connectivity index (χ2v) is 17.1. The van der Waals surface area contributed by atoms with Crippen LogP contribution >= 0.6 is 11.8 Å². The van der Waals surface area contributed by atoms with Gasteiger partial charge in [-0.3, -0.25) is 48.1 Å². The topological polar surface area (TPSA) is 395 Å². The zero-order chi connectivity index (χ0) is 48.5. The first kappa shape index (κ1) is 56.3. The van der Waals surface area contributed by atoms with Gasteiger partial charge < -0.3 is 70.2 Å². The van der Waals surface area contributed by atoms with Gasteiger partial charge in [0.05, 0.1) is 19.6 Å². The number of carbonyl (C=O) groups excluding carboxylic acids is 9. The molecule has 1 aliphatic heterocycles. The largest absolute Gasteiger partial charge is 0.480 e. The average molecular weight is 928 g/mol. The Morgan fingerprint density at radius 1 is 0.703 bits per heavy atom. The summed E-state index contributed by atoms with van der Waals surface area (Å²) in [6.45, 7) is 5.86. The minimum atomic E-state index is -1.41. The first-order valence-electron chi connectivity index (χ1n) is 21.2. The number of carboxylic acid groups (broad SMARTS) is 1. The summed E-state index contributed by atoms with van der Waals surface area (Å²) >= 11 is 1.44. The number of hydrogen-bond acceptors (Lipinski definition) is 13. The summed E-state index contributed by atoms with van der Waals surface area (Å²) in [5.74, 6) is -7.62. The fourth-order valence-electron chi connectivity index (χ4n) is 6.56. The van der Waals surface area contributed by atoms with E-state index in [1.807, 2.05) is 20.1 Å². The van der Waals surface area contributed by atoms with Gasteiger partial charge in [0.2, 0.25) is 53.2 Å². The van der Waals surface area contributed by atoms with Gasteiger partial charge in [-0.15, -0.1) is 0 Å². The number of primary amides is 1. The zero-order valence-corrected chi connectivity index (χ0v) is 38.2. The van der Waals surface area contributed by atoms with Crippen molar-refractivity contribution < 1.29 is 53.1 Å². The molecule has 64 heavy (non-hydrogen) atoms. The molecular formula is C39H69N13O11S. The molecule has 24 nitrogen and oxygen atoms in total. The molecule has 0 aromatic carbocycles. The molecule has 1 rings (SSSR count). The monoisotopic (exact) mass is 927 g/mol. The number of nitrogens with zero attached hydrogens (tertiary/aromatic N) is 2. The SMILES string of the molecule is CSCC[C@H](NC(=O)CN)C(=O)N[C@@H](CC(C)C)C(=O)N[C@@H](CCC(N)=O)C(=O)NCC(=O)N[C@@H](CCCN=C(N)N)C(=O)NCC(=O)N1CCC[C@H]1C(=O)N[C@@H](CC(C)C)C(=O)O. The Labute approximate surface area is 377 Å². The van der Waals surface area contributed by atoms with Gasteiger partial charge in [-0.05, 0) is 75.2 Å². The Hall–Kier alpha value is -5.72. The van der Waals surface area contributed by atoms with Crippen LogP contribution in [0.2, 0.25) is 0 Å². The van der Waals surface area contributed by atoms with Gasteiger partial charge in [0.1, 0.15) is 36.3 Å². The van der Waals surface area contributed by atoms with Crippen molar-refractivity contribution in [2.75, 3.05) is 44.7 Å². The molecular weight excluding hydrogens is 859 g/mol. The molecule has 1 heterocycles. The Bertz CT molecular complexity index is 1660. The van der Waals surface area contributed by atoms with E-state index in [-0.39, 0.29) is 88.8 Å². The third kappa shape index (κ3) is 22.1. The number of guanidine groups is 1. The van der Waals surface area contributed by atoms with Crippen molar-refractivity contribution >= 4 is 76.9 Å². The summed E-state index contributed by atoms with van der Waals surface area (Å²) in [6.07, 6.45) is 2.68. The zero-order valence-electron chi connectivity index (χ0n) is 37.4. The van der Waals surface area contributed by atoms with E-state index in [0.29, 0.717) is 12.2 Å². The molecule has 0 aromatic heterocycles. The van der Waals surface area contributed by atoms with Crippen LogP contribution in [0.3, 0.4) is 0 Å². The molecule has 0 saturated carbocycles. The lowest BCUT2D eigenvalue weighted by atomic mass is 10.0. The highest BCUT2D eigenvalue weighted by molar-refractivity contribution is 7.98. The second-order valence-electron chi connectivity index (χ2n) is 16.1. The molecule has 1 fully saturated rings. The number of hydrogen-bond donors (Lipinski definition) is 12. The lowest BCUT2D eigenvalue weighted by Gasteiger charge is -2.26.